The zero-order valence-corrected chi connectivity index (χ0v) is 71.9. The number of hydrogen-bond donors (Lipinski definition) is 10. The molecule has 0 aromatic heterocycles. The van der Waals surface area contributed by atoms with Gasteiger partial charge in [0.15, 0.2) is 0 Å². The molecule has 8 aromatic carbocycles. The number of ether oxygens (including phenoxy) is 2. The molecule has 0 radical (unpaired) electrons. The minimum Gasteiger partial charge on any atom is -0.506 e. The minimum atomic E-state index is -5.03. The smallest absolute Gasteiger partial charge is 0.400 e. The molecule has 8 aromatic rings. The van der Waals surface area contributed by atoms with Crippen molar-refractivity contribution < 1.29 is 110 Å². The van der Waals surface area contributed by atoms with Crippen molar-refractivity contribution in [2.24, 2.45) is 33.5 Å². The number of nitrogen functional groups attached to an aromatic ring is 8. The van der Waals surface area contributed by atoms with E-state index in [1.165, 1.54) is 167 Å². The topological polar surface area (TPSA) is 594 Å². The summed E-state index contributed by atoms with van der Waals surface area (Å²) in [5.41, 5.74) is 42.9. The van der Waals surface area contributed by atoms with Gasteiger partial charge < -0.3 is 65.6 Å². The van der Waals surface area contributed by atoms with Crippen molar-refractivity contribution in [1.82, 2.24) is 0 Å². The molecular weight excluding hydrogens is 1730 g/mol. The quantitative estimate of drug-likeness (QED) is 0.0201. The van der Waals surface area contributed by atoms with Gasteiger partial charge in [0, 0.05) is 97.1 Å². The molecule has 4 spiro atoms. The molecule has 8 fully saturated rings. The Hall–Kier alpha value is -16.8. The summed E-state index contributed by atoms with van der Waals surface area (Å²) in [5.74, 6) is -15.3. The standard InChI is InChI=1S/C25H25F3N4O4.C23H18N6O4.C23H24N4O6.C21H20N4O6/c1-12-8-15(4-6-18(12)29)31-20(33)14(3)10-24(22(31)35)11-17(25(26,27)28)21(34)32(23(24)36)16-5-7-19(30)13(2)9-16;1-27-18-11-15(3-5-17(18)26)29-20(31)7-9-23(22(29)33)8-6-19(30)28(21(23)32)14-2-4-16(25)13(10-14)12-24;1-32-17-11-13(3-5-15(17)24)26-19(28)7-9-23(21(26)30)10-8-20(29)27(22(23)31)14-4-6-16(25)18(12-14)33-2;22-13-3-1-11(9-15(13)26)24-17(28)5-7-21(19(24)30)8-6-18(29)25(20(21)31)12-2-4-14(23)16(27)10-12/h4-9,14,17H,10-11,29-30H2,1-3H3;2-5,10-11H,6-9,25-26H2;3-6,11-12H,7-10,24-25H2,1-2H3;1-4,9-10,26-27H,5-8,22-23H2/t14?,17?,24-;23-;;/m00../s1. The highest BCUT2D eigenvalue weighted by molar-refractivity contribution is 6.36. The van der Waals surface area contributed by atoms with Gasteiger partial charge >= 0.3 is 6.18 Å². The lowest BCUT2D eigenvalue weighted by atomic mass is 9.65. The van der Waals surface area contributed by atoms with Crippen molar-refractivity contribution >= 4 is 191 Å². The molecule has 686 valence electrons. The van der Waals surface area contributed by atoms with Gasteiger partial charge in [-0.1, -0.05) is 6.92 Å². The number of piperidine rings is 8. The molecule has 133 heavy (non-hydrogen) atoms. The average molecular weight is 1820 g/mol. The number of phenolic OH excluding ortho intramolecular Hbond substituents is 2. The van der Waals surface area contributed by atoms with Crippen LogP contribution in [0.2, 0.25) is 0 Å². The van der Waals surface area contributed by atoms with Gasteiger partial charge in [0.25, 0.3) is 0 Å². The monoisotopic (exact) mass is 1820 g/mol. The van der Waals surface area contributed by atoms with Crippen LogP contribution < -0.4 is 94.5 Å². The third kappa shape index (κ3) is 16.5. The second-order valence-corrected chi connectivity index (χ2v) is 33.1. The van der Waals surface area contributed by atoms with Crippen molar-refractivity contribution in [3.63, 3.8) is 0 Å². The Bertz CT molecular complexity index is 6190. The zero-order chi connectivity index (χ0) is 97.1. The van der Waals surface area contributed by atoms with Gasteiger partial charge in [-0.15, -0.1) is 0 Å². The maximum absolute atomic E-state index is 14.1. The summed E-state index contributed by atoms with van der Waals surface area (Å²) in [6, 6.07) is 35.4. The van der Waals surface area contributed by atoms with Crippen LogP contribution >= 0.6 is 0 Å². The van der Waals surface area contributed by atoms with Crippen molar-refractivity contribution in [3.05, 3.63) is 174 Å². The van der Waals surface area contributed by atoms with Crippen molar-refractivity contribution in [3.8, 4) is 29.1 Å². The first-order valence-corrected chi connectivity index (χ1v) is 41.2. The second-order valence-electron chi connectivity index (χ2n) is 33.1. The van der Waals surface area contributed by atoms with E-state index in [-0.39, 0.29) is 168 Å². The van der Waals surface area contributed by atoms with Gasteiger partial charge in [-0.05, 0) is 198 Å². The van der Waals surface area contributed by atoms with E-state index in [0.717, 1.165) is 34.3 Å². The molecule has 18 N–H and O–H groups in total. The Kier molecular flexibility index (Phi) is 25.2. The number of nitriles is 1. The van der Waals surface area contributed by atoms with Gasteiger partial charge in [0.1, 0.15) is 56.6 Å². The van der Waals surface area contributed by atoms with Crippen molar-refractivity contribution in [2.45, 2.75) is 117 Å². The molecule has 0 aliphatic carbocycles. The molecule has 0 bridgehead atoms. The number of hydrogen-bond acceptors (Lipinski definition) is 29. The number of nitrogens with two attached hydrogens (primary N) is 8. The third-order valence-electron chi connectivity index (χ3n) is 25.1. The molecule has 41 heteroatoms. The number of alkyl halides is 3. The molecule has 8 saturated heterocycles. The zero-order valence-electron chi connectivity index (χ0n) is 71.9. The van der Waals surface area contributed by atoms with Crippen LogP contribution in [0.3, 0.4) is 0 Å². The average Bonchev–Trinajstić information content (AvgIpc) is 0.707. The predicted octanol–water partition coefficient (Wildman–Crippen LogP) is 8.88. The summed E-state index contributed by atoms with van der Waals surface area (Å²) in [6.45, 7) is 11.9. The number of rotatable bonds is 10. The first-order chi connectivity index (χ1) is 62.8. The number of aryl methyl sites for hydroxylation is 2. The predicted molar refractivity (Wildman–Crippen MR) is 477 cm³/mol. The Morgan fingerprint density at radius 3 is 0.940 bits per heavy atom. The van der Waals surface area contributed by atoms with Crippen LogP contribution in [0.4, 0.5) is 110 Å². The largest absolute Gasteiger partial charge is 0.506 e. The van der Waals surface area contributed by atoms with E-state index in [1.54, 1.807) is 13.8 Å². The number of phenols is 2. The number of anilines is 16. The SMILES string of the molecule is COc1cc(N2C(=O)CCC3(CCC(=O)N(c4ccc(N)c(OC)c4)C3=O)C2=O)ccc1N.Cc1cc(N2C(=O)C(C)C[C@]3(CC(C(F)(F)F)C(=O)N(c4ccc(N)c(C)c4)C3=O)C2=O)ccc1N.Nc1ccc(N2C(=O)CCC3(CCC(=O)N(c4ccc(N)c(O)c4)C3=O)C2=O)cc1O.[C-]#[N+]c1cc(N2C(=O)CC[C@]3(CCC(=O)N(c4ccc(N)c(C#N)c4)C3=O)C2=O)ccc1N. The van der Waals surface area contributed by atoms with Crippen LogP contribution in [0.25, 0.3) is 4.85 Å². The third-order valence-corrected chi connectivity index (χ3v) is 25.1. The first-order valence-electron chi connectivity index (χ1n) is 41.2. The number of benzene rings is 8. The van der Waals surface area contributed by atoms with E-state index in [4.69, 9.17) is 61.9 Å². The first kappa shape index (κ1) is 93.9. The van der Waals surface area contributed by atoms with Crippen LogP contribution in [0, 0.1) is 65.2 Å². The van der Waals surface area contributed by atoms with E-state index in [0.29, 0.717) is 50.3 Å². The number of amides is 16. The van der Waals surface area contributed by atoms with Crippen molar-refractivity contribution in [1.29, 1.82) is 5.26 Å². The van der Waals surface area contributed by atoms with E-state index in [2.05, 4.69) is 4.85 Å². The molecule has 16 rings (SSSR count). The van der Waals surface area contributed by atoms with Gasteiger partial charge in [-0.25, -0.2) is 39.1 Å². The number of imide groups is 8. The lowest BCUT2D eigenvalue weighted by Gasteiger charge is -2.48. The van der Waals surface area contributed by atoms with E-state index in [1.807, 2.05) is 6.07 Å². The molecular formula is C92H87F3N18O20. The van der Waals surface area contributed by atoms with Crippen molar-refractivity contribution in [2.75, 3.05) is 99.3 Å². The van der Waals surface area contributed by atoms with E-state index >= 15 is 0 Å². The highest BCUT2D eigenvalue weighted by Crippen LogP contribution is 2.54. The second kappa shape index (κ2) is 35.7. The number of methoxy groups -OCH3 is 2. The lowest BCUT2D eigenvalue weighted by molar-refractivity contribution is -0.194. The molecule has 8 aliphatic rings. The maximum Gasteiger partial charge on any atom is 0.400 e. The van der Waals surface area contributed by atoms with E-state index in [9.17, 15) is 105 Å². The molecule has 2 unspecified atom stereocenters. The summed E-state index contributed by atoms with van der Waals surface area (Å²) >= 11 is 0. The summed E-state index contributed by atoms with van der Waals surface area (Å²) in [4.78, 5) is 222. The Labute approximate surface area is 755 Å². The Balaban J connectivity index is 0.000000151. The highest BCUT2D eigenvalue weighted by Gasteiger charge is 2.67. The fourth-order valence-corrected chi connectivity index (χ4v) is 17.5. The fraction of sp³-hybridized carbons (Fsp3) is 0.283. The van der Waals surface area contributed by atoms with Gasteiger partial charge in [0.2, 0.25) is 100 Å². The van der Waals surface area contributed by atoms with Crippen LogP contribution in [0.1, 0.15) is 114 Å². The number of carbonyl (C=O) groups is 16. The van der Waals surface area contributed by atoms with Gasteiger partial charge in [0.05, 0.1) is 88.9 Å². The fourth-order valence-electron chi connectivity index (χ4n) is 17.5. The summed E-state index contributed by atoms with van der Waals surface area (Å²) in [5, 5.41) is 29.1. The molecule has 16 amide bonds. The maximum atomic E-state index is 14.1. The van der Waals surface area contributed by atoms with E-state index < -0.39 is 147 Å². The summed E-state index contributed by atoms with van der Waals surface area (Å²) < 4.78 is 52.8. The molecule has 8 heterocycles. The molecule has 8 aliphatic heterocycles. The lowest BCUT2D eigenvalue weighted by Crippen LogP contribution is -2.67. The van der Waals surface area contributed by atoms with Crippen LogP contribution in [-0.2, 0) is 76.7 Å². The number of halogens is 3. The minimum absolute atomic E-state index is 0.0159. The molecule has 4 atom stereocenters. The Morgan fingerprint density at radius 2 is 0.639 bits per heavy atom. The highest BCUT2D eigenvalue weighted by atomic mass is 19.4. The molecule has 0 saturated carbocycles. The van der Waals surface area contributed by atoms with Crippen LogP contribution in [-0.4, -0.2) is 125 Å². The number of aromatic hydroxyl groups is 2. The summed E-state index contributed by atoms with van der Waals surface area (Å²) in [6.07, 6.45) is -7.19. The van der Waals surface area contributed by atoms with Crippen LogP contribution in [0.15, 0.2) is 146 Å². The number of nitrogens with zero attached hydrogens (tertiary/aromatic N) is 10. The molecule has 38 nitrogen and oxygen atoms in total. The van der Waals surface area contributed by atoms with Gasteiger partial charge in [-0.3, -0.25) is 81.6 Å². The number of carbonyl (C=O) groups excluding carboxylic acids is 16. The van der Waals surface area contributed by atoms with Crippen LogP contribution in [0.5, 0.6) is 23.0 Å². The van der Waals surface area contributed by atoms with Gasteiger partial charge in [-0.2, -0.15) is 18.4 Å². The Morgan fingerprint density at radius 1 is 0.368 bits per heavy atom. The summed E-state index contributed by atoms with van der Waals surface area (Å²) in [7, 11) is 2.84. The normalized spacial score (nSPS) is 20.8.